The van der Waals surface area contributed by atoms with Crippen molar-refractivity contribution < 1.29 is 27.5 Å². The number of amides is 2. The Morgan fingerprint density at radius 3 is 2.62 bits per heavy atom. The van der Waals surface area contributed by atoms with E-state index in [2.05, 4.69) is 15.2 Å². The summed E-state index contributed by atoms with van der Waals surface area (Å²) in [4.78, 5) is 33.1. The van der Waals surface area contributed by atoms with Crippen LogP contribution in [0.5, 0.6) is 5.75 Å². The molecule has 5 heterocycles. The molecule has 3 aliphatic heterocycles. The lowest BCUT2D eigenvalue weighted by Gasteiger charge is -2.41. The Balaban J connectivity index is 1.35. The molecule has 1 atom stereocenters. The fourth-order valence-electron chi connectivity index (χ4n) is 6.48. The second kappa shape index (κ2) is 8.92. The number of aromatic nitrogens is 1. The first-order valence-electron chi connectivity index (χ1n) is 13.3. The number of imide groups is 1. The van der Waals surface area contributed by atoms with Crippen LogP contribution in [0, 0.1) is 0 Å². The van der Waals surface area contributed by atoms with Crippen LogP contribution in [0.2, 0.25) is 0 Å². The lowest BCUT2D eigenvalue weighted by Crippen LogP contribution is -2.46. The van der Waals surface area contributed by atoms with Gasteiger partial charge in [0.15, 0.2) is 0 Å². The number of likely N-dealkylation sites (tertiary alicyclic amines) is 1. The van der Waals surface area contributed by atoms with Gasteiger partial charge in [-0.1, -0.05) is 0 Å². The number of halogens is 3. The van der Waals surface area contributed by atoms with Crippen LogP contribution in [0.15, 0.2) is 30.5 Å². The van der Waals surface area contributed by atoms with Gasteiger partial charge in [-0.05, 0) is 49.9 Å². The molecule has 11 heteroatoms. The molecule has 3 aromatic rings. The maximum absolute atomic E-state index is 14.1. The van der Waals surface area contributed by atoms with Crippen LogP contribution < -0.4 is 15.0 Å². The number of carbonyl (C=O) groups is 2. The number of hydrogen-bond acceptors (Lipinski definition) is 7. The highest BCUT2D eigenvalue weighted by Gasteiger charge is 2.46. The molecule has 2 amide bonds. The molecule has 39 heavy (non-hydrogen) atoms. The molecule has 1 aliphatic carbocycles. The van der Waals surface area contributed by atoms with Crippen LogP contribution in [-0.4, -0.2) is 53.0 Å². The zero-order chi connectivity index (χ0) is 26.9. The number of benzene rings is 1. The SMILES string of the molecule is O=C1CCC(=O)N1Cc1cc2nccc(-c3cc(C(F)(F)F)cc4c3N(C3CNC5(CCC5)C3)CCO4)c2s1. The van der Waals surface area contributed by atoms with Crippen molar-refractivity contribution in [1.29, 1.82) is 0 Å². The van der Waals surface area contributed by atoms with Gasteiger partial charge in [0.05, 0.1) is 34.6 Å². The Labute approximate surface area is 226 Å². The van der Waals surface area contributed by atoms with Gasteiger partial charge in [-0.15, -0.1) is 11.3 Å². The van der Waals surface area contributed by atoms with Crippen LogP contribution in [0.25, 0.3) is 21.3 Å². The number of nitrogens with zero attached hydrogens (tertiary/aromatic N) is 3. The number of alkyl halides is 3. The average Bonchev–Trinajstić information content (AvgIpc) is 3.60. The molecule has 2 saturated heterocycles. The van der Waals surface area contributed by atoms with Gasteiger partial charge >= 0.3 is 6.18 Å². The third kappa shape index (κ3) is 4.17. The second-order valence-electron chi connectivity index (χ2n) is 10.9. The molecule has 204 valence electrons. The highest BCUT2D eigenvalue weighted by atomic mass is 32.1. The molecule has 1 N–H and O–H groups in total. The molecule has 1 saturated carbocycles. The largest absolute Gasteiger partial charge is 0.490 e. The number of fused-ring (bicyclic) bond motifs is 2. The van der Waals surface area contributed by atoms with Crippen molar-refractivity contribution in [3.05, 3.63) is 40.9 Å². The molecule has 0 bridgehead atoms. The number of anilines is 1. The molecule has 7 rings (SSSR count). The van der Waals surface area contributed by atoms with Crippen LogP contribution >= 0.6 is 11.3 Å². The Morgan fingerprint density at radius 1 is 1.13 bits per heavy atom. The van der Waals surface area contributed by atoms with Crippen LogP contribution in [0.1, 0.15) is 49.0 Å². The molecule has 2 aromatic heterocycles. The third-order valence-electron chi connectivity index (χ3n) is 8.59. The summed E-state index contributed by atoms with van der Waals surface area (Å²) in [6, 6.07) is 6.07. The van der Waals surface area contributed by atoms with E-state index >= 15 is 0 Å². The minimum absolute atomic E-state index is 0.143. The minimum atomic E-state index is -4.54. The molecule has 3 fully saturated rings. The van der Waals surface area contributed by atoms with Gasteiger partial charge in [0.2, 0.25) is 11.8 Å². The zero-order valence-corrected chi connectivity index (χ0v) is 22.0. The van der Waals surface area contributed by atoms with Gasteiger partial charge in [0.1, 0.15) is 12.4 Å². The molecule has 1 aromatic carbocycles. The number of carbonyl (C=O) groups excluding carboxylic acids is 2. The fourth-order valence-corrected chi connectivity index (χ4v) is 7.61. The van der Waals surface area contributed by atoms with Crippen molar-refractivity contribution in [2.75, 3.05) is 24.6 Å². The highest BCUT2D eigenvalue weighted by Crippen LogP contribution is 2.50. The number of hydrogen-bond donors (Lipinski definition) is 1. The summed E-state index contributed by atoms with van der Waals surface area (Å²) in [6.07, 6.45) is 1.89. The van der Waals surface area contributed by atoms with Gasteiger partial charge in [-0.3, -0.25) is 19.5 Å². The van der Waals surface area contributed by atoms with Crippen molar-refractivity contribution in [2.24, 2.45) is 0 Å². The van der Waals surface area contributed by atoms with Crippen LogP contribution in [0.3, 0.4) is 0 Å². The van der Waals surface area contributed by atoms with E-state index in [1.807, 2.05) is 6.07 Å². The number of ether oxygens (including phenoxy) is 1. The Kier molecular flexibility index (Phi) is 5.68. The number of thiophene rings is 1. The van der Waals surface area contributed by atoms with Gasteiger partial charge in [0, 0.05) is 53.2 Å². The van der Waals surface area contributed by atoms with E-state index in [1.165, 1.54) is 28.7 Å². The van der Waals surface area contributed by atoms with Gasteiger partial charge in [-0.25, -0.2) is 0 Å². The number of rotatable bonds is 4. The summed E-state index contributed by atoms with van der Waals surface area (Å²) in [5.41, 5.74) is 1.79. The first-order chi connectivity index (χ1) is 18.7. The normalized spacial score (nSPS) is 22.5. The second-order valence-corrected chi connectivity index (χ2v) is 12.1. The lowest BCUT2D eigenvalue weighted by molar-refractivity contribution is -0.139. The van der Waals surface area contributed by atoms with Gasteiger partial charge < -0.3 is 15.0 Å². The van der Waals surface area contributed by atoms with E-state index in [0.29, 0.717) is 35.5 Å². The van der Waals surface area contributed by atoms with Crippen molar-refractivity contribution >= 4 is 39.1 Å². The maximum atomic E-state index is 14.1. The molecular formula is C28H27F3N4O3S. The quantitative estimate of drug-likeness (QED) is 0.450. The van der Waals surface area contributed by atoms with Gasteiger partial charge in [-0.2, -0.15) is 13.2 Å². The molecule has 0 radical (unpaired) electrons. The smallest absolute Gasteiger partial charge is 0.416 e. The molecular weight excluding hydrogens is 529 g/mol. The minimum Gasteiger partial charge on any atom is -0.490 e. The van der Waals surface area contributed by atoms with Gasteiger partial charge in [0.25, 0.3) is 0 Å². The van der Waals surface area contributed by atoms with Crippen molar-refractivity contribution in [3.8, 4) is 16.9 Å². The molecule has 4 aliphatic rings. The maximum Gasteiger partial charge on any atom is 0.416 e. The number of nitrogens with one attached hydrogen (secondary N) is 1. The topological polar surface area (TPSA) is 74.8 Å². The van der Waals surface area contributed by atoms with Crippen molar-refractivity contribution in [2.45, 2.75) is 62.8 Å². The van der Waals surface area contributed by atoms with Crippen LogP contribution in [-0.2, 0) is 22.3 Å². The standard InChI is InChI=1S/C28H27F3N4O3S/c29-28(30,31)16-10-20(25-22(11-16)38-9-8-34(25)17-13-27(33-14-17)5-1-6-27)19-4-7-32-21-12-18(39-26(19)21)15-35-23(36)2-3-24(35)37/h4,7,10-12,17,33H,1-3,5-6,8-9,13-15H2. The summed E-state index contributed by atoms with van der Waals surface area (Å²) in [7, 11) is 0. The average molecular weight is 557 g/mol. The van der Waals surface area contributed by atoms with Crippen LogP contribution in [0.4, 0.5) is 18.9 Å². The van der Waals surface area contributed by atoms with E-state index in [-0.39, 0.29) is 48.5 Å². The third-order valence-corrected chi connectivity index (χ3v) is 9.73. The predicted octanol–water partition coefficient (Wildman–Crippen LogP) is 5.11. The van der Waals surface area contributed by atoms with E-state index in [0.717, 1.165) is 41.5 Å². The summed E-state index contributed by atoms with van der Waals surface area (Å²) >= 11 is 1.36. The monoisotopic (exact) mass is 556 g/mol. The predicted molar refractivity (Wildman–Crippen MR) is 141 cm³/mol. The summed E-state index contributed by atoms with van der Waals surface area (Å²) in [6.45, 7) is 1.84. The Hall–Kier alpha value is -3.18. The van der Waals surface area contributed by atoms with E-state index in [1.54, 1.807) is 12.3 Å². The fraction of sp³-hybridized carbons (Fsp3) is 0.464. The van der Waals surface area contributed by atoms with E-state index in [9.17, 15) is 22.8 Å². The first-order valence-corrected chi connectivity index (χ1v) is 14.1. The van der Waals surface area contributed by atoms with Crippen molar-refractivity contribution in [3.63, 3.8) is 0 Å². The molecule has 7 nitrogen and oxygen atoms in total. The zero-order valence-electron chi connectivity index (χ0n) is 21.1. The molecule has 1 unspecified atom stereocenters. The number of pyridine rings is 1. The first kappa shape index (κ1) is 24.8. The lowest BCUT2D eigenvalue weighted by atomic mass is 9.75. The molecule has 1 spiro atoms. The van der Waals surface area contributed by atoms with E-state index in [4.69, 9.17) is 4.74 Å². The highest BCUT2D eigenvalue weighted by molar-refractivity contribution is 7.19. The Morgan fingerprint density at radius 2 is 1.92 bits per heavy atom. The summed E-state index contributed by atoms with van der Waals surface area (Å²) in [5, 5.41) is 3.69. The summed E-state index contributed by atoms with van der Waals surface area (Å²) in [5.74, 6) is -0.171. The summed E-state index contributed by atoms with van der Waals surface area (Å²) < 4.78 is 48.8. The Bertz CT molecular complexity index is 1480. The van der Waals surface area contributed by atoms with E-state index < -0.39 is 11.7 Å². The van der Waals surface area contributed by atoms with Crippen molar-refractivity contribution in [1.82, 2.24) is 15.2 Å².